The topological polar surface area (TPSA) is 39.5 Å². The van der Waals surface area contributed by atoms with Crippen molar-refractivity contribution >= 4 is 0 Å². The summed E-state index contributed by atoms with van der Waals surface area (Å²) in [6, 6.07) is 0. The van der Waals surface area contributed by atoms with Gasteiger partial charge in [-0.05, 0) is 0 Å². The first-order valence-electron chi connectivity index (χ1n) is 1.66. The normalized spacial score (nSPS) is 36.6. The van der Waals surface area contributed by atoms with E-state index in [9.17, 15) is 5.21 Å². The lowest BCUT2D eigenvalue weighted by atomic mass is 10.6. The number of hydroxylamine groups is 1. The Morgan fingerprint density at radius 2 is 2.20 bits per heavy atom. The van der Waals surface area contributed by atoms with Crippen LogP contribution in [0.3, 0.4) is 0 Å². The Labute approximate surface area is 30.1 Å². The van der Waals surface area contributed by atoms with Gasteiger partial charge in [0.05, 0.1) is 6.54 Å². The summed E-state index contributed by atoms with van der Waals surface area (Å²) in [6.07, 6.45) is 0. The number of hydrogen-bond donors (Lipinski definition) is 2. The van der Waals surface area contributed by atoms with Crippen molar-refractivity contribution in [3.8, 4) is 0 Å². The van der Waals surface area contributed by atoms with Crippen LogP contribution in [0.15, 0.2) is 0 Å². The third-order valence-electron chi connectivity index (χ3n) is 0.674. The second kappa shape index (κ2) is 0.931. The predicted octanol–water partition coefficient (Wildman–Crippen LogP) is -2.11. The number of hydrogen-bond acceptors (Lipinski definition) is 2. The van der Waals surface area contributed by atoms with Crippen LogP contribution in [-0.4, -0.2) is 13.1 Å². The van der Waals surface area contributed by atoms with E-state index in [1.807, 2.05) is 0 Å². The van der Waals surface area contributed by atoms with E-state index in [1.54, 1.807) is 0 Å². The standard InChI is InChI=1S/C2H6N2O/c5-4-2-1-3-4/h3-4H,1-2H2. The summed E-state index contributed by atoms with van der Waals surface area (Å²) in [4.78, 5) is 0. The summed E-state index contributed by atoms with van der Waals surface area (Å²) in [5.74, 6) is 0. The van der Waals surface area contributed by atoms with E-state index in [0.29, 0.717) is 0 Å². The molecular weight excluding hydrogens is 68.0 g/mol. The van der Waals surface area contributed by atoms with Gasteiger partial charge in [0, 0.05) is 0 Å². The van der Waals surface area contributed by atoms with Crippen LogP contribution in [0.1, 0.15) is 0 Å². The summed E-state index contributed by atoms with van der Waals surface area (Å²) < 4.78 is 0. The van der Waals surface area contributed by atoms with Gasteiger partial charge in [0.25, 0.3) is 0 Å². The van der Waals surface area contributed by atoms with Crippen LogP contribution in [0.2, 0.25) is 0 Å². The van der Waals surface area contributed by atoms with Crippen molar-refractivity contribution in [3.05, 3.63) is 5.21 Å². The molecule has 3 heteroatoms. The molecule has 1 saturated heterocycles. The lowest BCUT2D eigenvalue weighted by Gasteiger charge is -2.29. The Kier molecular flexibility index (Phi) is 0.574. The Morgan fingerprint density at radius 3 is 2.20 bits per heavy atom. The molecule has 1 atom stereocenters. The largest absolute Gasteiger partial charge is 0.613 e. The fourth-order valence-electron chi connectivity index (χ4n) is 0.227. The number of nitrogens with one attached hydrogen (secondary N) is 2. The highest BCUT2D eigenvalue weighted by atomic mass is 16.5. The molecule has 1 aliphatic rings. The highest BCUT2D eigenvalue weighted by Crippen LogP contribution is 1.49. The minimum Gasteiger partial charge on any atom is -0.613 e. The lowest BCUT2D eigenvalue weighted by molar-refractivity contribution is -0.937. The average molecular weight is 74.1 g/mol. The second-order valence-corrected chi connectivity index (χ2v) is 1.10. The highest BCUT2D eigenvalue weighted by molar-refractivity contribution is 4.36. The average Bonchev–Trinajstić information content (AvgIpc) is 1.30. The molecule has 1 aliphatic heterocycles. The van der Waals surface area contributed by atoms with Crippen LogP contribution in [0, 0.1) is 5.21 Å². The Balaban J connectivity index is 2.08. The second-order valence-electron chi connectivity index (χ2n) is 1.10. The van der Waals surface area contributed by atoms with Gasteiger partial charge in [0.15, 0.2) is 0 Å². The minimum absolute atomic E-state index is 0.185. The highest BCUT2D eigenvalue weighted by Gasteiger charge is 2.04. The molecule has 0 saturated carbocycles. The van der Waals surface area contributed by atoms with Gasteiger partial charge in [0.2, 0.25) is 0 Å². The van der Waals surface area contributed by atoms with E-state index in [-0.39, 0.29) is 5.17 Å². The Bertz CT molecular complexity index is 34.6. The minimum atomic E-state index is 0.185. The molecule has 0 bridgehead atoms. The summed E-state index contributed by atoms with van der Waals surface area (Å²) in [6.45, 7) is 1.62. The molecule has 0 amide bonds. The summed E-state index contributed by atoms with van der Waals surface area (Å²) >= 11 is 0. The molecule has 30 valence electrons. The molecule has 0 radical (unpaired) electrons. The van der Waals surface area contributed by atoms with E-state index in [1.165, 1.54) is 0 Å². The van der Waals surface area contributed by atoms with Gasteiger partial charge in [-0.25, -0.2) is 0 Å². The smallest absolute Gasteiger partial charge is 0.112 e. The van der Waals surface area contributed by atoms with Gasteiger partial charge in [-0.15, -0.1) is 0 Å². The maximum Gasteiger partial charge on any atom is 0.112 e. The molecule has 5 heavy (non-hydrogen) atoms. The fraction of sp³-hybridized carbons (Fsp3) is 1.00. The molecule has 2 N–H and O–H groups in total. The zero-order valence-electron chi connectivity index (χ0n) is 2.82. The third-order valence-corrected chi connectivity index (χ3v) is 0.674. The van der Waals surface area contributed by atoms with Gasteiger partial charge in [0.1, 0.15) is 6.54 Å². The molecule has 0 spiro atoms. The van der Waals surface area contributed by atoms with Crippen LogP contribution in [0.5, 0.6) is 0 Å². The molecule has 0 aromatic carbocycles. The maximum absolute atomic E-state index is 9.79. The van der Waals surface area contributed by atoms with Crippen LogP contribution in [0.25, 0.3) is 0 Å². The predicted molar refractivity (Wildman–Crippen MR) is 17.2 cm³/mol. The van der Waals surface area contributed by atoms with Crippen molar-refractivity contribution in [2.24, 2.45) is 0 Å². The van der Waals surface area contributed by atoms with E-state index in [0.717, 1.165) is 13.1 Å². The molecule has 1 heterocycles. The molecule has 3 nitrogen and oxygen atoms in total. The molecule has 1 rings (SSSR count). The Morgan fingerprint density at radius 1 is 1.80 bits per heavy atom. The quantitative estimate of drug-likeness (QED) is 0.323. The van der Waals surface area contributed by atoms with Crippen LogP contribution >= 0.6 is 0 Å². The molecule has 0 aromatic heterocycles. The van der Waals surface area contributed by atoms with Gasteiger partial charge in [-0.3, -0.25) is 5.17 Å². The maximum atomic E-state index is 9.79. The monoisotopic (exact) mass is 74.0 g/mol. The first-order chi connectivity index (χ1) is 2.39. The zero-order chi connectivity index (χ0) is 3.70. The van der Waals surface area contributed by atoms with Crippen molar-refractivity contribution < 1.29 is 5.17 Å². The van der Waals surface area contributed by atoms with E-state index in [2.05, 4.69) is 5.43 Å². The van der Waals surface area contributed by atoms with E-state index in [4.69, 9.17) is 0 Å². The van der Waals surface area contributed by atoms with Crippen molar-refractivity contribution in [1.82, 2.24) is 5.43 Å². The third kappa shape index (κ3) is 0.397. The lowest BCUT2D eigenvalue weighted by Crippen LogP contribution is -3.22. The number of rotatable bonds is 0. The summed E-state index contributed by atoms with van der Waals surface area (Å²) in [7, 11) is 0. The van der Waals surface area contributed by atoms with Crippen LogP contribution in [-0.2, 0) is 0 Å². The van der Waals surface area contributed by atoms with Gasteiger partial charge in [-0.1, -0.05) is 0 Å². The summed E-state index contributed by atoms with van der Waals surface area (Å²) in [5, 5.41) is 9.97. The zero-order valence-corrected chi connectivity index (χ0v) is 2.82. The molecular formula is C2H6N2O. The van der Waals surface area contributed by atoms with Crippen molar-refractivity contribution in [2.75, 3.05) is 13.1 Å². The SMILES string of the molecule is [O-][NH+]1CCN1. The van der Waals surface area contributed by atoms with Gasteiger partial charge >= 0.3 is 0 Å². The molecule has 0 aromatic rings. The fourth-order valence-corrected chi connectivity index (χ4v) is 0.227. The van der Waals surface area contributed by atoms with Crippen molar-refractivity contribution in [2.45, 2.75) is 0 Å². The van der Waals surface area contributed by atoms with Crippen LogP contribution in [0.4, 0.5) is 0 Å². The van der Waals surface area contributed by atoms with Gasteiger partial charge in [-0.2, -0.15) is 5.43 Å². The van der Waals surface area contributed by atoms with Crippen molar-refractivity contribution in [3.63, 3.8) is 0 Å². The Hall–Kier alpha value is -0.120. The van der Waals surface area contributed by atoms with Crippen LogP contribution < -0.4 is 10.6 Å². The van der Waals surface area contributed by atoms with E-state index >= 15 is 0 Å². The van der Waals surface area contributed by atoms with E-state index < -0.39 is 0 Å². The number of quaternary nitrogens is 1. The first-order valence-corrected chi connectivity index (χ1v) is 1.66. The molecule has 1 fully saturated rings. The van der Waals surface area contributed by atoms with Gasteiger partial charge < -0.3 is 5.21 Å². The first kappa shape index (κ1) is 3.08. The summed E-state index contributed by atoms with van der Waals surface area (Å²) in [5.41, 5.74) is 2.57. The van der Waals surface area contributed by atoms with Crippen molar-refractivity contribution in [1.29, 1.82) is 0 Å². The molecule has 1 unspecified atom stereocenters. The molecule has 0 aliphatic carbocycles.